The quantitative estimate of drug-likeness (QED) is 0.708. The second-order valence-corrected chi connectivity index (χ2v) is 4.31. The van der Waals surface area contributed by atoms with E-state index in [1.807, 2.05) is 19.9 Å². The number of nitrogen functional groups attached to an aromatic ring is 1. The van der Waals surface area contributed by atoms with E-state index in [-0.39, 0.29) is 5.92 Å². The first-order chi connectivity index (χ1) is 6.45. The minimum absolute atomic E-state index is 0.258. The number of phenols is 1. The maximum absolute atomic E-state index is 9.69. The summed E-state index contributed by atoms with van der Waals surface area (Å²) in [5.74, 6) is 0.962. The molecule has 0 atom stereocenters. The van der Waals surface area contributed by atoms with Crippen molar-refractivity contribution >= 4 is 5.69 Å². The highest BCUT2D eigenvalue weighted by atomic mass is 16.3. The van der Waals surface area contributed by atoms with Gasteiger partial charge in [-0.25, -0.2) is 0 Å². The Morgan fingerprint density at radius 3 is 2.07 bits per heavy atom. The molecule has 0 saturated heterocycles. The van der Waals surface area contributed by atoms with Gasteiger partial charge in [-0.3, -0.25) is 0 Å². The largest absolute Gasteiger partial charge is 0.508 e. The fourth-order valence-corrected chi connectivity index (χ4v) is 1.75. The van der Waals surface area contributed by atoms with Crippen molar-refractivity contribution < 1.29 is 5.11 Å². The van der Waals surface area contributed by atoms with Gasteiger partial charge in [0.25, 0.3) is 0 Å². The zero-order valence-corrected chi connectivity index (χ0v) is 9.33. The van der Waals surface area contributed by atoms with E-state index < -0.39 is 0 Å². The Bertz CT molecular complexity index is 329. The number of phenolic OH excluding ortho intramolecular Hbond substituents is 1. The molecule has 0 unspecified atom stereocenters. The third kappa shape index (κ3) is 1.84. The molecule has 3 N–H and O–H groups in total. The molecule has 1 rings (SSSR count). The molecule has 2 heteroatoms. The number of rotatable bonds is 2. The van der Waals surface area contributed by atoms with E-state index in [0.29, 0.717) is 11.7 Å². The van der Waals surface area contributed by atoms with Crippen LogP contribution in [0.1, 0.15) is 50.7 Å². The maximum atomic E-state index is 9.69. The lowest BCUT2D eigenvalue weighted by atomic mass is 9.92. The lowest BCUT2D eigenvalue weighted by Crippen LogP contribution is -2.03. The predicted molar refractivity (Wildman–Crippen MR) is 60.7 cm³/mol. The van der Waals surface area contributed by atoms with E-state index in [4.69, 9.17) is 5.73 Å². The van der Waals surface area contributed by atoms with Crippen molar-refractivity contribution in [3.63, 3.8) is 0 Å². The second-order valence-electron chi connectivity index (χ2n) is 4.31. The first-order valence-corrected chi connectivity index (χ1v) is 5.06. The van der Waals surface area contributed by atoms with Crippen molar-refractivity contribution in [2.45, 2.75) is 39.5 Å². The first-order valence-electron chi connectivity index (χ1n) is 5.06. The monoisotopic (exact) mass is 193 g/mol. The van der Waals surface area contributed by atoms with Gasteiger partial charge in [0.15, 0.2) is 0 Å². The maximum Gasteiger partial charge on any atom is 0.121 e. The Hall–Kier alpha value is -1.18. The lowest BCUT2D eigenvalue weighted by Gasteiger charge is -2.17. The van der Waals surface area contributed by atoms with E-state index in [2.05, 4.69) is 13.8 Å². The molecule has 0 aromatic heterocycles. The van der Waals surface area contributed by atoms with Gasteiger partial charge in [0.1, 0.15) is 5.75 Å². The molecule has 0 aliphatic heterocycles. The van der Waals surface area contributed by atoms with Crippen LogP contribution in [0.5, 0.6) is 5.75 Å². The van der Waals surface area contributed by atoms with Crippen LogP contribution in [0.3, 0.4) is 0 Å². The molecule has 1 aromatic rings. The van der Waals surface area contributed by atoms with E-state index in [0.717, 1.165) is 16.8 Å². The second kappa shape index (κ2) is 3.91. The van der Waals surface area contributed by atoms with Crippen molar-refractivity contribution in [3.8, 4) is 5.75 Å². The van der Waals surface area contributed by atoms with E-state index >= 15 is 0 Å². The molecule has 0 saturated carbocycles. The van der Waals surface area contributed by atoms with E-state index in [9.17, 15) is 5.11 Å². The summed E-state index contributed by atoms with van der Waals surface area (Å²) in [6, 6.07) is 3.64. The van der Waals surface area contributed by atoms with Gasteiger partial charge in [-0.2, -0.15) is 0 Å². The summed E-state index contributed by atoms with van der Waals surface area (Å²) in [7, 11) is 0. The summed E-state index contributed by atoms with van der Waals surface area (Å²) < 4.78 is 0. The van der Waals surface area contributed by atoms with Crippen molar-refractivity contribution in [3.05, 3.63) is 23.3 Å². The average molecular weight is 193 g/mol. The Balaban J connectivity index is 3.34. The molecular weight excluding hydrogens is 174 g/mol. The normalized spacial score (nSPS) is 11.3. The van der Waals surface area contributed by atoms with Gasteiger partial charge in [0.2, 0.25) is 0 Å². The topological polar surface area (TPSA) is 46.2 Å². The third-order valence-electron chi connectivity index (χ3n) is 2.50. The van der Waals surface area contributed by atoms with Crippen molar-refractivity contribution in [2.75, 3.05) is 5.73 Å². The number of anilines is 1. The van der Waals surface area contributed by atoms with Gasteiger partial charge < -0.3 is 10.8 Å². The van der Waals surface area contributed by atoms with Crippen LogP contribution < -0.4 is 5.73 Å². The number of aromatic hydroxyl groups is 1. The molecule has 0 heterocycles. The Morgan fingerprint density at radius 1 is 1.07 bits per heavy atom. The molecule has 0 bridgehead atoms. The predicted octanol–water partition coefficient (Wildman–Crippen LogP) is 3.22. The SMILES string of the molecule is CC(C)c1ccc(O)c(C(C)C)c1N. The zero-order chi connectivity index (χ0) is 10.9. The summed E-state index contributed by atoms with van der Waals surface area (Å²) >= 11 is 0. The van der Waals surface area contributed by atoms with Gasteiger partial charge >= 0.3 is 0 Å². The molecule has 0 aliphatic carbocycles. The third-order valence-corrected chi connectivity index (χ3v) is 2.50. The van der Waals surface area contributed by atoms with Gasteiger partial charge in [0, 0.05) is 11.3 Å². The van der Waals surface area contributed by atoms with Crippen LogP contribution in [0, 0.1) is 0 Å². The summed E-state index contributed by atoms with van der Waals surface area (Å²) in [5, 5.41) is 9.69. The summed E-state index contributed by atoms with van der Waals surface area (Å²) in [5.41, 5.74) is 8.76. The minimum Gasteiger partial charge on any atom is -0.508 e. The Morgan fingerprint density at radius 2 is 1.64 bits per heavy atom. The van der Waals surface area contributed by atoms with E-state index in [1.165, 1.54) is 0 Å². The van der Waals surface area contributed by atoms with Crippen LogP contribution >= 0.6 is 0 Å². The molecule has 2 nitrogen and oxygen atoms in total. The minimum atomic E-state index is 0.258. The number of benzene rings is 1. The lowest BCUT2D eigenvalue weighted by molar-refractivity contribution is 0.465. The Labute approximate surface area is 85.8 Å². The fraction of sp³-hybridized carbons (Fsp3) is 0.500. The molecule has 0 amide bonds. The van der Waals surface area contributed by atoms with Crippen molar-refractivity contribution in [1.29, 1.82) is 0 Å². The van der Waals surface area contributed by atoms with Crippen LogP contribution in [0.15, 0.2) is 12.1 Å². The molecule has 0 aliphatic rings. The first kappa shape index (κ1) is 10.9. The zero-order valence-electron chi connectivity index (χ0n) is 9.33. The molecule has 14 heavy (non-hydrogen) atoms. The number of hydrogen-bond donors (Lipinski definition) is 2. The Kier molecular flexibility index (Phi) is 3.04. The molecule has 1 aromatic carbocycles. The molecule has 0 radical (unpaired) electrons. The molecule has 78 valence electrons. The highest BCUT2D eigenvalue weighted by Crippen LogP contribution is 2.35. The van der Waals surface area contributed by atoms with Crippen LogP contribution in [0.25, 0.3) is 0 Å². The molecular formula is C12H19NO. The van der Waals surface area contributed by atoms with Crippen molar-refractivity contribution in [1.82, 2.24) is 0 Å². The molecule has 0 spiro atoms. The summed E-state index contributed by atoms with van der Waals surface area (Å²) in [6.07, 6.45) is 0. The fourth-order valence-electron chi connectivity index (χ4n) is 1.75. The standard InChI is InChI=1S/C12H19NO/c1-7(2)9-5-6-10(14)11(8(3)4)12(9)13/h5-8,14H,13H2,1-4H3. The van der Waals surface area contributed by atoms with Crippen LogP contribution in [-0.4, -0.2) is 5.11 Å². The van der Waals surface area contributed by atoms with E-state index in [1.54, 1.807) is 6.07 Å². The van der Waals surface area contributed by atoms with Crippen LogP contribution in [-0.2, 0) is 0 Å². The average Bonchev–Trinajstić information content (AvgIpc) is 2.02. The van der Waals surface area contributed by atoms with Crippen LogP contribution in [0.4, 0.5) is 5.69 Å². The van der Waals surface area contributed by atoms with Gasteiger partial charge in [0.05, 0.1) is 0 Å². The van der Waals surface area contributed by atoms with Gasteiger partial charge in [-0.05, 0) is 23.5 Å². The van der Waals surface area contributed by atoms with Gasteiger partial charge in [-0.1, -0.05) is 33.8 Å². The smallest absolute Gasteiger partial charge is 0.121 e. The highest BCUT2D eigenvalue weighted by molar-refractivity contribution is 5.61. The number of hydrogen-bond acceptors (Lipinski definition) is 2. The van der Waals surface area contributed by atoms with Gasteiger partial charge in [-0.15, -0.1) is 0 Å². The summed E-state index contributed by atoms with van der Waals surface area (Å²) in [4.78, 5) is 0. The highest BCUT2D eigenvalue weighted by Gasteiger charge is 2.14. The summed E-state index contributed by atoms with van der Waals surface area (Å²) in [6.45, 7) is 8.28. The van der Waals surface area contributed by atoms with Crippen LogP contribution in [0.2, 0.25) is 0 Å². The van der Waals surface area contributed by atoms with Crippen molar-refractivity contribution in [2.24, 2.45) is 0 Å². The number of nitrogens with two attached hydrogens (primary N) is 1. The molecule has 0 fully saturated rings.